The van der Waals surface area contributed by atoms with Gasteiger partial charge in [-0.05, 0) is 45.3 Å². The number of hydrogen-bond acceptors (Lipinski definition) is 3. The molecule has 0 spiro atoms. The summed E-state index contributed by atoms with van der Waals surface area (Å²) < 4.78 is 0. The first-order chi connectivity index (χ1) is 8.32. The standard InChI is InChI=1S/C15H22O3/c1-9(2)13(16)6-5-10(3)7-12-14(17)8-11(4)15(12)18/h7-8,12-14,16-17H,1,5-6H2,2-4H3/b10-7+/t12-,13?,14+/m1/s1. The molecule has 2 N–H and O–H groups in total. The van der Waals surface area contributed by atoms with Gasteiger partial charge < -0.3 is 10.2 Å². The van der Waals surface area contributed by atoms with Crippen molar-refractivity contribution in [2.75, 3.05) is 0 Å². The van der Waals surface area contributed by atoms with Crippen molar-refractivity contribution < 1.29 is 15.0 Å². The molecular formula is C15H22O3. The molecule has 0 saturated heterocycles. The number of ketones is 1. The molecule has 18 heavy (non-hydrogen) atoms. The second-order valence-electron chi connectivity index (χ2n) is 5.14. The summed E-state index contributed by atoms with van der Waals surface area (Å²) in [5, 5.41) is 19.4. The van der Waals surface area contributed by atoms with Gasteiger partial charge in [-0.3, -0.25) is 4.79 Å². The number of rotatable bonds is 5. The maximum Gasteiger partial charge on any atom is 0.168 e. The molecule has 0 bridgehead atoms. The lowest BCUT2D eigenvalue weighted by Gasteiger charge is -2.13. The summed E-state index contributed by atoms with van der Waals surface area (Å²) in [5.74, 6) is -0.464. The summed E-state index contributed by atoms with van der Waals surface area (Å²) in [7, 11) is 0. The Balaban J connectivity index is 2.57. The zero-order valence-corrected chi connectivity index (χ0v) is 11.3. The number of hydrogen-bond donors (Lipinski definition) is 2. The third kappa shape index (κ3) is 3.65. The Labute approximate surface area is 109 Å². The molecule has 1 aliphatic rings. The number of carbonyl (C=O) groups is 1. The second-order valence-corrected chi connectivity index (χ2v) is 5.14. The topological polar surface area (TPSA) is 57.5 Å². The smallest absolute Gasteiger partial charge is 0.168 e. The fourth-order valence-electron chi connectivity index (χ4n) is 2.03. The molecule has 0 fully saturated rings. The Hall–Kier alpha value is -1.19. The summed E-state index contributed by atoms with van der Waals surface area (Å²) in [6.07, 6.45) is 3.49. The number of Topliss-reactive ketones (excluding diaryl/α,β-unsaturated/α-hetero) is 1. The molecule has 1 aliphatic carbocycles. The summed E-state index contributed by atoms with van der Waals surface area (Å²) in [6, 6.07) is 0. The zero-order chi connectivity index (χ0) is 13.9. The highest BCUT2D eigenvalue weighted by Gasteiger charge is 2.30. The van der Waals surface area contributed by atoms with Gasteiger partial charge in [-0.15, -0.1) is 0 Å². The van der Waals surface area contributed by atoms with Crippen LogP contribution in [-0.2, 0) is 4.79 Å². The Kier molecular flexibility index (Phi) is 5.05. The van der Waals surface area contributed by atoms with E-state index >= 15 is 0 Å². The van der Waals surface area contributed by atoms with E-state index in [-0.39, 0.29) is 5.78 Å². The molecule has 0 heterocycles. The number of aliphatic hydroxyl groups is 2. The average molecular weight is 250 g/mol. The Morgan fingerprint density at radius 2 is 2.17 bits per heavy atom. The highest BCUT2D eigenvalue weighted by molar-refractivity contribution is 6.01. The quantitative estimate of drug-likeness (QED) is 0.735. The summed E-state index contributed by atoms with van der Waals surface area (Å²) in [4.78, 5) is 11.8. The first-order valence-corrected chi connectivity index (χ1v) is 6.24. The molecule has 3 nitrogen and oxygen atoms in total. The maximum absolute atomic E-state index is 11.8. The molecule has 1 unspecified atom stereocenters. The van der Waals surface area contributed by atoms with E-state index < -0.39 is 18.1 Å². The van der Waals surface area contributed by atoms with Crippen molar-refractivity contribution >= 4 is 5.78 Å². The molecule has 0 aromatic carbocycles. The lowest BCUT2D eigenvalue weighted by Crippen LogP contribution is -2.18. The Bertz CT molecular complexity index is 404. The minimum absolute atomic E-state index is 0.0118. The lowest BCUT2D eigenvalue weighted by atomic mass is 9.96. The fraction of sp³-hybridized carbons (Fsp3) is 0.533. The highest BCUT2D eigenvalue weighted by atomic mass is 16.3. The van der Waals surface area contributed by atoms with Crippen molar-refractivity contribution in [1.82, 2.24) is 0 Å². The van der Waals surface area contributed by atoms with Gasteiger partial charge in [0.25, 0.3) is 0 Å². The monoisotopic (exact) mass is 250 g/mol. The number of allylic oxidation sites excluding steroid dienone is 2. The normalized spacial score (nSPS) is 26.2. The molecule has 0 amide bonds. The lowest BCUT2D eigenvalue weighted by molar-refractivity contribution is -0.118. The van der Waals surface area contributed by atoms with Crippen LogP contribution in [0.25, 0.3) is 0 Å². The number of aliphatic hydroxyl groups excluding tert-OH is 2. The van der Waals surface area contributed by atoms with Crippen LogP contribution in [0.4, 0.5) is 0 Å². The fourth-order valence-corrected chi connectivity index (χ4v) is 2.03. The zero-order valence-electron chi connectivity index (χ0n) is 11.3. The Morgan fingerprint density at radius 3 is 2.61 bits per heavy atom. The van der Waals surface area contributed by atoms with Gasteiger partial charge in [-0.1, -0.05) is 23.8 Å². The predicted octanol–water partition coefficient (Wildman–Crippen LogP) is 2.16. The molecular weight excluding hydrogens is 228 g/mol. The van der Waals surface area contributed by atoms with Crippen LogP contribution in [0.5, 0.6) is 0 Å². The third-order valence-electron chi connectivity index (χ3n) is 3.33. The molecule has 0 saturated carbocycles. The first-order valence-electron chi connectivity index (χ1n) is 6.24. The van der Waals surface area contributed by atoms with Crippen molar-refractivity contribution in [3.63, 3.8) is 0 Å². The van der Waals surface area contributed by atoms with E-state index in [0.717, 1.165) is 11.1 Å². The SMILES string of the molecule is C=C(C)C(O)CC/C(C)=C/[C@H]1C(=O)C(C)=C[C@@H]1O. The van der Waals surface area contributed by atoms with Gasteiger partial charge in [-0.2, -0.15) is 0 Å². The minimum atomic E-state index is -0.710. The van der Waals surface area contributed by atoms with Crippen LogP contribution < -0.4 is 0 Å². The van der Waals surface area contributed by atoms with Crippen molar-refractivity contribution in [1.29, 1.82) is 0 Å². The molecule has 3 heteroatoms. The molecule has 0 radical (unpaired) electrons. The van der Waals surface area contributed by atoms with Gasteiger partial charge in [0.05, 0.1) is 18.1 Å². The van der Waals surface area contributed by atoms with Gasteiger partial charge in [0, 0.05) is 0 Å². The van der Waals surface area contributed by atoms with Crippen LogP contribution >= 0.6 is 0 Å². The van der Waals surface area contributed by atoms with Gasteiger partial charge in [0.15, 0.2) is 5.78 Å². The van der Waals surface area contributed by atoms with Crippen LogP contribution in [0, 0.1) is 5.92 Å². The van der Waals surface area contributed by atoms with Gasteiger partial charge in [0.2, 0.25) is 0 Å². The van der Waals surface area contributed by atoms with E-state index in [1.165, 1.54) is 0 Å². The first kappa shape index (κ1) is 14.9. The van der Waals surface area contributed by atoms with Crippen molar-refractivity contribution in [2.45, 2.75) is 45.8 Å². The molecule has 100 valence electrons. The Morgan fingerprint density at radius 1 is 1.56 bits per heavy atom. The van der Waals surface area contributed by atoms with E-state index in [0.29, 0.717) is 18.4 Å². The maximum atomic E-state index is 11.8. The van der Waals surface area contributed by atoms with Crippen molar-refractivity contribution in [3.8, 4) is 0 Å². The van der Waals surface area contributed by atoms with Gasteiger partial charge in [-0.25, -0.2) is 0 Å². The molecule has 3 atom stereocenters. The van der Waals surface area contributed by atoms with Crippen LogP contribution in [0.1, 0.15) is 33.6 Å². The average Bonchev–Trinajstić information content (AvgIpc) is 2.52. The van der Waals surface area contributed by atoms with E-state index in [2.05, 4.69) is 6.58 Å². The van der Waals surface area contributed by atoms with Crippen LogP contribution in [0.3, 0.4) is 0 Å². The van der Waals surface area contributed by atoms with Crippen molar-refractivity contribution in [2.24, 2.45) is 5.92 Å². The van der Waals surface area contributed by atoms with E-state index in [1.807, 2.05) is 13.0 Å². The summed E-state index contributed by atoms with van der Waals surface area (Å²) >= 11 is 0. The van der Waals surface area contributed by atoms with Crippen molar-refractivity contribution in [3.05, 3.63) is 35.5 Å². The molecule has 1 rings (SSSR count). The molecule has 0 aromatic heterocycles. The molecule has 0 aromatic rings. The number of carbonyl (C=O) groups excluding carboxylic acids is 1. The second kappa shape index (κ2) is 6.12. The molecule has 0 aliphatic heterocycles. The minimum Gasteiger partial charge on any atom is -0.389 e. The summed E-state index contributed by atoms with van der Waals surface area (Å²) in [5.41, 5.74) is 2.38. The summed E-state index contributed by atoms with van der Waals surface area (Å²) in [6.45, 7) is 9.13. The highest BCUT2D eigenvalue weighted by Crippen LogP contribution is 2.25. The van der Waals surface area contributed by atoms with E-state index in [9.17, 15) is 15.0 Å². The predicted molar refractivity (Wildman–Crippen MR) is 72.1 cm³/mol. The van der Waals surface area contributed by atoms with Crippen LogP contribution in [0.15, 0.2) is 35.5 Å². The van der Waals surface area contributed by atoms with Crippen LogP contribution in [0.2, 0.25) is 0 Å². The largest absolute Gasteiger partial charge is 0.389 e. The van der Waals surface area contributed by atoms with E-state index in [4.69, 9.17) is 0 Å². The van der Waals surface area contributed by atoms with E-state index in [1.54, 1.807) is 19.9 Å². The third-order valence-corrected chi connectivity index (χ3v) is 3.33. The van der Waals surface area contributed by atoms with Crippen LogP contribution in [-0.4, -0.2) is 28.2 Å². The van der Waals surface area contributed by atoms with Gasteiger partial charge in [0.1, 0.15) is 0 Å². The van der Waals surface area contributed by atoms with Gasteiger partial charge >= 0.3 is 0 Å².